The molecule has 0 radical (unpaired) electrons. The van der Waals surface area contributed by atoms with Gasteiger partial charge in [-0.15, -0.1) is 0 Å². The molecule has 0 aliphatic heterocycles. The Morgan fingerprint density at radius 1 is 1.38 bits per heavy atom. The normalized spacial score (nSPS) is 11.9. The summed E-state index contributed by atoms with van der Waals surface area (Å²) in [5.74, 6) is -0.0734. The Kier molecular flexibility index (Phi) is 3.82. The summed E-state index contributed by atoms with van der Waals surface area (Å²) in [6, 6.07) is 5.93. The third-order valence-electron chi connectivity index (χ3n) is 2.53. The lowest BCUT2D eigenvalue weighted by Crippen LogP contribution is -2.05. The Morgan fingerprint density at radius 3 is 2.44 bits per heavy atom. The van der Waals surface area contributed by atoms with E-state index in [9.17, 15) is 10.1 Å². The van der Waals surface area contributed by atoms with E-state index in [1.807, 2.05) is 45.9 Å². The van der Waals surface area contributed by atoms with Gasteiger partial charge in [0.25, 0.3) is 0 Å². The summed E-state index contributed by atoms with van der Waals surface area (Å²) < 4.78 is 0. The van der Waals surface area contributed by atoms with Crippen LogP contribution in [0.2, 0.25) is 0 Å². The van der Waals surface area contributed by atoms with Gasteiger partial charge in [0.05, 0.1) is 4.92 Å². The van der Waals surface area contributed by atoms with Crippen molar-refractivity contribution in [1.29, 1.82) is 0 Å². The Labute approximate surface area is 95.9 Å². The standard InChI is InChI=1S/C13H17NO2/c1-9(2)13(14(15)16)8-12-6-5-10(3)7-11(12)4/h5-9H,1-4H3/b13-8-. The van der Waals surface area contributed by atoms with Gasteiger partial charge in [-0.25, -0.2) is 0 Å². The number of hydrogen-bond donors (Lipinski definition) is 0. The van der Waals surface area contributed by atoms with Crippen molar-refractivity contribution < 1.29 is 4.92 Å². The third-order valence-corrected chi connectivity index (χ3v) is 2.53. The van der Waals surface area contributed by atoms with Crippen molar-refractivity contribution in [3.8, 4) is 0 Å². The van der Waals surface area contributed by atoms with Crippen molar-refractivity contribution in [2.24, 2.45) is 5.92 Å². The highest BCUT2D eigenvalue weighted by molar-refractivity contribution is 5.56. The summed E-state index contributed by atoms with van der Waals surface area (Å²) >= 11 is 0. The summed E-state index contributed by atoms with van der Waals surface area (Å²) in [7, 11) is 0. The molecule has 0 bridgehead atoms. The molecule has 0 aromatic heterocycles. The van der Waals surface area contributed by atoms with Gasteiger partial charge in [0.2, 0.25) is 5.70 Å². The maximum Gasteiger partial charge on any atom is 0.249 e. The molecule has 0 heterocycles. The van der Waals surface area contributed by atoms with Gasteiger partial charge >= 0.3 is 0 Å². The van der Waals surface area contributed by atoms with Crippen LogP contribution >= 0.6 is 0 Å². The molecular formula is C13H17NO2. The van der Waals surface area contributed by atoms with Crippen molar-refractivity contribution in [3.63, 3.8) is 0 Å². The predicted molar refractivity (Wildman–Crippen MR) is 65.7 cm³/mol. The van der Waals surface area contributed by atoms with E-state index in [0.29, 0.717) is 0 Å². The van der Waals surface area contributed by atoms with Gasteiger partial charge < -0.3 is 0 Å². The molecule has 0 unspecified atom stereocenters. The highest BCUT2D eigenvalue weighted by Crippen LogP contribution is 2.18. The summed E-state index contributed by atoms with van der Waals surface area (Å²) in [6.45, 7) is 7.64. The van der Waals surface area contributed by atoms with Crippen LogP contribution in [0, 0.1) is 29.9 Å². The van der Waals surface area contributed by atoms with Crippen molar-refractivity contribution in [3.05, 3.63) is 50.7 Å². The van der Waals surface area contributed by atoms with Gasteiger partial charge in [0.1, 0.15) is 0 Å². The smallest absolute Gasteiger partial charge is 0.249 e. The molecule has 0 amide bonds. The summed E-state index contributed by atoms with van der Waals surface area (Å²) in [6.07, 6.45) is 1.67. The monoisotopic (exact) mass is 219 g/mol. The molecule has 0 saturated carbocycles. The fraction of sp³-hybridized carbons (Fsp3) is 0.385. The Morgan fingerprint density at radius 2 is 2.00 bits per heavy atom. The van der Waals surface area contributed by atoms with Crippen LogP contribution in [0.1, 0.15) is 30.5 Å². The molecule has 0 aliphatic carbocycles. The molecule has 1 aromatic rings. The van der Waals surface area contributed by atoms with E-state index in [0.717, 1.165) is 11.1 Å². The minimum Gasteiger partial charge on any atom is -0.259 e. The molecule has 3 nitrogen and oxygen atoms in total. The molecule has 1 rings (SSSR count). The summed E-state index contributed by atoms with van der Waals surface area (Å²) in [5, 5.41) is 10.9. The minimum atomic E-state index is -0.302. The van der Waals surface area contributed by atoms with E-state index in [1.165, 1.54) is 5.56 Å². The summed E-state index contributed by atoms with van der Waals surface area (Å²) in [5.41, 5.74) is 3.42. The molecule has 86 valence electrons. The second kappa shape index (κ2) is 4.92. The first-order valence-corrected chi connectivity index (χ1v) is 5.35. The van der Waals surface area contributed by atoms with Gasteiger partial charge in [-0.1, -0.05) is 37.6 Å². The van der Waals surface area contributed by atoms with Crippen LogP contribution in [0.25, 0.3) is 6.08 Å². The van der Waals surface area contributed by atoms with E-state index in [-0.39, 0.29) is 16.5 Å². The van der Waals surface area contributed by atoms with E-state index < -0.39 is 0 Å². The fourth-order valence-corrected chi connectivity index (χ4v) is 1.58. The first kappa shape index (κ1) is 12.4. The zero-order chi connectivity index (χ0) is 12.3. The Bertz CT molecular complexity index is 434. The largest absolute Gasteiger partial charge is 0.259 e. The quantitative estimate of drug-likeness (QED) is 0.576. The van der Waals surface area contributed by atoms with Crippen LogP contribution in [0.5, 0.6) is 0 Å². The van der Waals surface area contributed by atoms with Gasteiger partial charge in [-0.2, -0.15) is 0 Å². The number of rotatable bonds is 3. The molecule has 0 fully saturated rings. The molecule has 0 atom stereocenters. The Balaban J connectivity index is 3.18. The SMILES string of the molecule is Cc1ccc(/C=C(/C(C)C)[N+](=O)[O-])c(C)c1. The van der Waals surface area contributed by atoms with E-state index in [2.05, 4.69) is 0 Å². The lowest BCUT2D eigenvalue weighted by atomic mass is 10.0. The third kappa shape index (κ3) is 2.92. The van der Waals surface area contributed by atoms with Gasteiger partial charge in [-0.05, 0) is 25.0 Å². The second-order valence-corrected chi connectivity index (χ2v) is 4.34. The first-order chi connectivity index (χ1) is 7.41. The van der Waals surface area contributed by atoms with Gasteiger partial charge in [0.15, 0.2) is 0 Å². The van der Waals surface area contributed by atoms with Crippen LogP contribution in [0.15, 0.2) is 23.9 Å². The van der Waals surface area contributed by atoms with Crippen LogP contribution in [-0.4, -0.2) is 4.92 Å². The molecule has 0 N–H and O–H groups in total. The number of nitro groups is 1. The maximum absolute atomic E-state index is 10.9. The second-order valence-electron chi connectivity index (χ2n) is 4.34. The number of aryl methyl sites for hydroxylation is 2. The van der Waals surface area contributed by atoms with Crippen LogP contribution in [0.3, 0.4) is 0 Å². The Hall–Kier alpha value is -1.64. The number of allylic oxidation sites excluding steroid dienone is 1. The molecule has 0 spiro atoms. The van der Waals surface area contributed by atoms with Crippen LogP contribution < -0.4 is 0 Å². The molecule has 0 aliphatic rings. The number of benzene rings is 1. The average Bonchev–Trinajstić information content (AvgIpc) is 2.15. The first-order valence-electron chi connectivity index (χ1n) is 5.35. The average molecular weight is 219 g/mol. The van der Waals surface area contributed by atoms with Gasteiger partial charge in [0, 0.05) is 12.0 Å². The molecule has 1 aromatic carbocycles. The maximum atomic E-state index is 10.9. The van der Waals surface area contributed by atoms with Crippen LogP contribution in [-0.2, 0) is 0 Å². The zero-order valence-electron chi connectivity index (χ0n) is 10.2. The molecule has 16 heavy (non-hydrogen) atoms. The summed E-state index contributed by atoms with van der Waals surface area (Å²) in [4.78, 5) is 10.6. The zero-order valence-corrected chi connectivity index (χ0v) is 10.2. The predicted octanol–water partition coefficient (Wildman–Crippen LogP) is 3.58. The molecule has 3 heteroatoms. The molecular weight excluding hydrogens is 202 g/mol. The van der Waals surface area contributed by atoms with E-state index in [1.54, 1.807) is 6.08 Å². The van der Waals surface area contributed by atoms with Gasteiger partial charge in [-0.3, -0.25) is 10.1 Å². The van der Waals surface area contributed by atoms with Crippen LogP contribution in [0.4, 0.5) is 0 Å². The van der Waals surface area contributed by atoms with E-state index in [4.69, 9.17) is 0 Å². The van der Waals surface area contributed by atoms with Crippen molar-refractivity contribution in [2.45, 2.75) is 27.7 Å². The lowest BCUT2D eigenvalue weighted by molar-refractivity contribution is -0.431. The lowest BCUT2D eigenvalue weighted by Gasteiger charge is -2.05. The minimum absolute atomic E-state index is 0.0734. The fourth-order valence-electron chi connectivity index (χ4n) is 1.58. The van der Waals surface area contributed by atoms with Crippen molar-refractivity contribution in [1.82, 2.24) is 0 Å². The van der Waals surface area contributed by atoms with Crippen molar-refractivity contribution in [2.75, 3.05) is 0 Å². The van der Waals surface area contributed by atoms with Crippen molar-refractivity contribution >= 4 is 6.08 Å². The number of hydrogen-bond acceptors (Lipinski definition) is 2. The highest BCUT2D eigenvalue weighted by atomic mass is 16.6. The highest BCUT2D eigenvalue weighted by Gasteiger charge is 2.15. The number of nitrogens with zero attached hydrogens (tertiary/aromatic N) is 1. The topological polar surface area (TPSA) is 43.1 Å². The molecule has 0 saturated heterocycles. The van der Waals surface area contributed by atoms with E-state index >= 15 is 0 Å².